The van der Waals surface area contributed by atoms with E-state index in [0.717, 1.165) is 0 Å². The smallest absolute Gasteiger partial charge is 0.277 e. The van der Waals surface area contributed by atoms with Crippen LogP contribution in [-0.2, 0) is 0 Å². The van der Waals surface area contributed by atoms with Gasteiger partial charge in [0.25, 0.3) is 5.91 Å². The van der Waals surface area contributed by atoms with Crippen LogP contribution in [0.1, 0.15) is 24.3 Å². The number of carbonyl (C=O) groups excluding carboxylic acids is 1. The second-order valence-corrected chi connectivity index (χ2v) is 4.45. The van der Waals surface area contributed by atoms with Crippen molar-refractivity contribution in [3.05, 3.63) is 54.1 Å². The zero-order chi connectivity index (χ0) is 14.5. The molecule has 0 atom stereocenters. The van der Waals surface area contributed by atoms with Crippen LogP contribution < -0.4 is 10.1 Å². The van der Waals surface area contributed by atoms with Gasteiger partial charge in [0.2, 0.25) is 0 Å². The number of ether oxygens (including phenoxy) is 1. The van der Waals surface area contributed by atoms with Gasteiger partial charge in [0.15, 0.2) is 11.5 Å². The molecule has 0 saturated carbocycles. The predicted molar refractivity (Wildman–Crippen MR) is 74.4 cm³/mol. The summed E-state index contributed by atoms with van der Waals surface area (Å²) in [5.41, 5.74) is 0.239. The van der Waals surface area contributed by atoms with Gasteiger partial charge in [-0.15, -0.1) is 0 Å². The van der Waals surface area contributed by atoms with Crippen molar-refractivity contribution >= 4 is 11.6 Å². The first kappa shape index (κ1) is 14.0. The van der Waals surface area contributed by atoms with E-state index in [0.29, 0.717) is 11.4 Å². The summed E-state index contributed by atoms with van der Waals surface area (Å²) in [5, 5.41) is 2.61. The minimum Gasteiger partial charge on any atom is -0.489 e. The number of rotatable bonds is 4. The van der Waals surface area contributed by atoms with Gasteiger partial charge in [-0.25, -0.2) is 9.37 Å². The maximum Gasteiger partial charge on any atom is 0.277 e. The highest BCUT2D eigenvalue weighted by molar-refractivity contribution is 6.03. The van der Waals surface area contributed by atoms with Crippen molar-refractivity contribution in [1.82, 2.24) is 4.98 Å². The summed E-state index contributed by atoms with van der Waals surface area (Å²) in [5.74, 6) is -0.734. The molecule has 2 rings (SSSR count). The van der Waals surface area contributed by atoms with Crippen molar-refractivity contribution in [1.29, 1.82) is 0 Å². The Kier molecular flexibility index (Phi) is 4.30. The number of benzene rings is 1. The molecule has 0 bridgehead atoms. The van der Waals surface area contributed by atoms with Crippen molar-refractivity contribution in [3.63, 3.8) is 0 Å². The van der Waals surface area contributed by atoms with Crippen LogP contribution in [0, 0.1) is 5.82 Å². The van der Waals surface area contributed by atoms with Gasteiger partial charge in [0.1, 0.15) is 5.75 Å². The SMILES string of the molecule is CC(C)Oc1ccccc1NC(=O)c1ncccc1F. The van der Waals surface area contributed by atoms with E-state index < -0.39 is 11.7 Å². The molecule has 104 valence electrons. The molecule has 5 heteroatoms. The highest BCUT2D eigenvalue weighted by Crippen LogP contribution is 2.25. The van der Waals surface area contributed by atoms with Crippen molar-refractivity contribution < 1.29 is 13.9 Å². The maximum absolute atomic E-state index is 13.5. The van der Waals surface area contributed by atoms with Gasteiger partial charge in [0, 0.05) is 6.20 Å². The standard InChI is InChI=1S/C15H15FN2O2/c1-10(2)20-13-8-4-3-7-12(13)18-15(19)14-11(16)6-5-9-17-14/h3-10H,1-2H3,(H,18,19). The lowest BCUT2D eigenvalue weighted by Crippen LogP contribution is -2.17. The van der Waals surface area contributed by atoms with Crippen molar-refractivity contribution in [2.45, 2.75) is 20.0 Å². The monoisotopic (exact) mass is 274 g/mol. The third-order valence-electron chi connectivity index (χ3n) is 2.47. The normalized spacial score (nSPS) is 10.4. The fourth-order valence-electron chi connectivity index (χ4n) is 1.66. The van der Waals surface area contributed by atoms with E-state index in [2.05, 4.69) is 10.3 Å². The van der Waals surface area contributed by atoms with E-state index in [-0.39, 0.29) is 11.8 Å². The molecule has 0 aliphatic rings. The summed E-state index contributed by atoms with van der Waals surface area (Å²) < 4.78 is 19.1. The molecule has 1 aromatic heterocycles. The number of hydrogen-bond acceptors (Lipinski definition) is 3. The van der Waals surface area contributed by atoms with Crippen LogP contribution in [0.3, 0.4) is 0 Å². The second-order valence-electron chi connectivity index (χ2n) is 4.45. The van der Waals surface area contributed by atoms with E-state index in [9.17, 15) is 9.18 Å². The number of para-hydroxylation sites is 2. The van der Waals surface area contributed by atoms with Crippen LogP contribution in [0.4, 0.5) is 10.1 Å². The highest BCUT2D eigenvalue weighted by Gasteiger charge is 2.15. The summed E-state index contributed by atoms with van der Waals surface area (Å²) in [7, 11) is 0. The quantitative estimate of drug-likeness (QED) is 0.931. The lowest BCUT2D eigenvalue weighted by Gasteiger charge is -2.14. The summed E-state index contributed by atoms with van der Waals surface area (Å²) in [6, 6.07) is 9.62. The number of aromatic nitrogens is 1. The minimum atomic E-state index is -0.660. The Hall–Kier alpha value is -2.43. The molecule has 0 aliphatic heterocycles. The number of nitrogens with one attached hydrogen (secondary N) is 1. The molecular weight excluding hydrogens is 259 g/mol. The zero-order valence-electron chi connectivity index (χ0n) is 11.3. The third-order valence-corrected chi connectivity index (χ3v) is 2.47. The lowest BCUT2D eigenvalue weighted by molar-refractivity contribution is 0.101. The third kappa shape index (κ3) is 3.32. The molecular formula is C15H15FN2O2. The Morgan fingerprint density at radius 3 is 2.70 bits per heavy atom. The number of amides is 1. The zero-order valence-corrected chi connectivity index (χ0v) is 11.3. The van der Waals surface area contributed by atoms with Crippen LogP contribution in [0.15, 0.2) is 42.6 Å². The summed E-state index contributed by atoms with van der Waals surface area (Å²) in [4.78, 5) is 15.7. The first-order valence-electron chi connectivity index (χ1n) is 6.25. The summed E-state index contributed by atoms with van der Waals surface area (Å²) in [6.07, 6.45) is 1.34. The van der Waals surface area contributed by atoms with Gasteiger partial charge < -0.3 is 10.1 Å². The molecule has 1 amide bonds. The highest BCUT2D eigenvalue weighted by atomic mass is 19.1. The van der Waals surface area contributed by atoms with Gasteiger partial charge >= 0.3 is 0 Å². The van der Waals surface area contributed by atoms with Gasteiger partial charge in [0.05, 0.1) is 11.8 Å². The summed E-state index contributed by atoms with van der Waals surface area (Å²) in [6.45, 7) is 3.77. The Bertz CT molecular complexity index is 614. The molecule has 0 radical (unpaired) electrons. The average molecular weight is 274 g/mol. The van der Waals surface area contributed by atoms with Crippen LogP contribution in [-0.4, -0.2) is 17.0 Å². The fourth-order valence-corrected chi connectivity index (χ4v) is 1.66. The topological polar surface area (TPSA) is 51.2 Å². The lowest BCUT2D eigenvalue weighted by atomic mass is 10.2. The maximum atomic E-state index is 13.5. The Morgan fingerprint density at radius 2 is 2.00 bits per heavy atom. The molecule has 0 unspecified atom stereocenters. The molecule has 0 aliphatic carbocycles. The second kappa shape index (κ2) is 6.14. The predicted octanol–water partition coefficient (Wildman–Crippen LogP) is 3.26. The molecule has 1 heterocycles. The average Bonchev–Trinajstić information content (AvgIpc) is 2.41. The molecule has 2 aromatic rings. The molecule has 4 nitrogen and oxygen atoms in total. The summed E-state index contributed by atoms with van der Waals surface area (Å²) >= 11 is 0. The number of halogens is 1. The number of anilines is 1. The molecule has 0 saturated heterocycles. The van der Waals surface area contributed by atoms with Crippen LogP contribution in [0.5, 0.6) is 5.75 Å². The van der Waals surface area contributed by atoms with E-state index in [1.54, 1.807) is 24.3 Å². The minimum absolute atomic E-state index is 0.0281. The van der Waals surface area contributed by atoms with Crippen LogP contribution in [0.25, 0.3) is 0 Å². The molecule has 20 heavy (non-hydrogen) atoms. The largest absolute Gasteiger partial charge is 0.489 e. The first-order valence-corrected chi connectivity index (χ1v) is 6.25. The molecule has 1 N–H and O–H groups in total. The van der Waals surface area contributed by atoms with E-state index >= 15 is 0 Å². The van der Waals surface area contributed by atoms with Gasteiger partial charge in [-0.05, 0) is 38.1 Å². The van der Waals surface area contributed by atoms with Crippen molar-refractivity contribution in [2.75, 3.05) is 5.32 Å². The number of nitrogens with zero attached hydrogens (tertiary/aromatic N) is 1. The van der Waals surface area contributed by atoms with Gasteiger partial charge in [-0.1, -0.05) is 12.1 Å². The molecule has 1 aromatic carbocycles. The number of pyridine rings is 1. The molecule has 0 fully saturated rings. The van der Waals surface area contributed by atoms with E-state index in [4.69, 9.17) is 4.74 Å². The van der Waals surface area contributed by atoms with Gasteiger partial charge in [-0.2, -0.15) is 0 Å². The Labute approximate surface area is 116 Å². The van der Waals surface area contributed by atoms with Crippen LogP contribution in [0.2, 0.25) is 0 Å². The van der Waals surface area contributed by atoms with Crippen molar-refractivity contribution in [3.8, 4) is 5.75 Å². The fraction of sp³-hybridized carbons (Fsp3) is 0.200. The van der Waals surface area contributed by atoms with Gasteiger partial charge in [-0.3, -0.25) is 4.79 Å². The van der Waals surface area contributed by atoms with E-state index in [1.165, 1.54) is 18.3 Å². The number of carbonyl (C=O) groups is 1. The Balaban J connectivity index is 2.22. The van der Waals surface area contributed by atoms with Crippen molar-refractivity contribution in [2.24, 2.45) is 0 Å². The first-order chi connectivity index (χ1) is 9.58. The molecule has 0 spiro atoms. The van der Waals surface area contributed by atoms with Crippen LogP contribution >= 0.6 is 0 Å². The van der Waals surface area contributed by atoms with E-state index in [1.807, 2.05) is 13.8 Å². The number of hydrogen-bond donors (Lipinski definition) is 1. The Morgan fingerprint density at radius 1 is 1.25 bits per heavy atom.